The second-order valence-electron chi connectivity index (χ2n) is 10.2. The number of carbonyl (C=O) groups is 1. The molecular weight excluding hydrogens is 620 g/mol. The average molecular weight is 656 g/mol. The van der Waals surface area contributed by atoms with Gasteiger partial charge in [0.2, 0.25) is 0 Å². The van der Waals surface area contributed by atoms with Crippen LogP contribution in [0.3, 0.4) is 0 Å². The highest BCUT2D eigenvalue weighted by Crippen LogP contribution is 2.23. The summed E-state index contributed by atoms with van der Waals surface area (Å²) in [6.45, 7) is 4.26. The molecule has 4 heterocycles. The first-order valence-electron chi connectivity index (χ1n) is 13.3. The molecule has 0 bridgehead atoms. The monoisotopic (exact) mass is 654 g/mol. The Balaban J connectivity index is 0.000000150. The van der Waals surface area contributed by atoms with Crippen molar-refractivity contribution < 1.29 is 4.79 Å². The quantitative estimate of drug-likeness (QED) is 0.260. The largest absolute Gasteiger partial charge is 0.397 e. The van der Waals surface area contributed by atoms with Crippen molar-refractivity contribution in [2.24, 2.45) is 0 Å². The van der Waals surface area contributed by atoms with Crippen LogP contribution >= 0.6 is 31.9 Å². The molecule has 0 radical (unpaired) electrons. The van der Waals surface area contributed by atoms with Crippen LogP contribution in [0.4, 0.5) is 11.4 Å². The molecule has 0 aliphatic carbocycles. The van der Waals surface area contributed by atoms with Gasteiger partial charge in [0.05, 0.1) is 34.8 Å². The molecule has 0 amide bonds. The molecule has 3 N–H and O–H groups in total. The lowest BCUT2D eigenvalue weighted by molar-refractivity contribution is -0.121. The summed E-state index contributed by atoms with van der Waals surface area (Å²) in [6, 6.07) is 16.8. The molecule has 0 saturated carbocycles. The molecule has 0 spiro atoms. The number of hydrogen-bond donors (Lipinski definition) is 2. The first-order chi connectivity index (χ1) is 18.7. The summed E-state index contributed by atoms with van der Waals surface area (Å²) in [5, 5.41) is 5.84. The maximum absolute atomic E-state index is 10.6. The third-order valence-corrected chi connectivity index (χ3v) is 7.93. The molecule has 2 aromatic carbocycles. The van der Waals surface area contributed by atoms with Crippen molar-refractivity contribution >= 4 is 70.8 Å². The van der Waals surface area contributed by atoms with Crippen LogP contribution in [0.15, 0.2) is 69.9 Å². The van der Waals surface area contributed by atoms with Crippen LogP contribution in [-0.4, -0.2) is 71.9 Å². The minimum Gasteiger partial charge on any atom is -0.397 e. The molecule has 6 rings (SSSR count). The third-order valence-electron chi connectivity index (χ3n) is 6.94. The summed E-state index contributed by atoms with van der Waals surface area (Å²) in [6.07, 6.45) is 7.53. The van der Waals surface area contributed by atoms with Gasteiger partial charge in [-0.3, -0.25) is 14.8 Å². The minimum absolute atomic E-state index is 0.420. The second kappa shape index (κ2) is 14.2. The van der Waals surface area contributed by atoms with Crippen LogP contribution < -0.4 is 11.1 Å². The summed E-state index contributed by atoms with van der Waals surface area (Å²) < 4.78 is 2.14. The third kappa shape index (κ3) is 9.24. The Labute approximate surface area is 247 Å². The summed E-state index contributed by atoms with van der Waals surface area (Å²) in [5.74, 6) is 0.420. The van der Waals surface area contributed by atoms with Gasteiger partial charge in [-0.2, -0.15) is 0 Å². The van der Waals surface area contributed by atoms with Gasteiger partial charge in [0.15, 0.2) is 0 Å². The molecule has 4 aromatic rings. The predicted octanol–water partition coefficient (Wildman–Crippen LogP) is 6.36. The van der Waals surface area contributed by atoms with E-state index in [0.29, 0.717) is 17.5 Å². The lowest BCUT2D eigenvalue weighted by Crippen LogP contribution is -2.36. The minimum atomic E-state index is 0.420. The standard InChI is InChI=1S/C15H18BrN3.C9H7BrN2.C6H11NO/c1-19-6-4-13(5-7-19)18-14-9-11-8-12(16)2-3-15(11)17-10-14;10-7-1-2-9-6(3-7)4-8(11)5-12-9;1-7-4-2-6(8)3-5-7/h2-3,8-10,13,18H,4-7H2,1H3;1-5H,11H2;2-5H2,1H3. The van der Waals surface area contributed by atoms with E-state index in [4.69, 9.17) is 5.73 Å². The van der Waals surface area contributed by atoms with Crippen LogP contribution in [0.5, 0.6) is 0 Å². The molecule has 0 unspecified atom stereocenters. The maximum Gasteiger partial charge on any atom is 0.135 e. The first-order valence-corrected chi connectivity index (χ1v) is 14.9. The number of nitrogens with one attached hydrogen (secondary N) is 1. The zero-order valence-electron chi connectivity index (χ0n) is 22.5. The molecule has 2 saturated heterocycles. The molecule has 2 aliphatic rings. The molecule has 2 aromatic heterocycles. The van der Waals surface area contributed by atoms with Crippen LogP contribution in [-0.2, 0) is 4.79 Å². The van der Waals surface area contributed by atoms with Crippen molar-refractivity contribution in [2.45, 2.75) is 31.7 Å². The Bertz CT molecular complexity index is 1360. The number of anilines is 2. The number of aromatic nitrogens is 2. The van der Waals surface area contributed by atoms with Gasteiger partial charge in [0.1, 0.15) is 5.78 Å². The zero-order chi connectivity index (χ0) is 27.8. The zero-order valence-corrected chi connectivity index (χ0v) is 25.7. The van der Waals surface area contributed by atoms with Crippen molar-refractivity contribution in [3.8, 4) is 0 Å². The summed E-state index contributed by atoms with van der Waals surface area (Å²) in [4.78, 5) is 23.8. The number of Topliss-reactive ketones (excluding diaryl/α,β-unsaturated/α-hetero) is 1. The summed E-state index contributed by atoms with van der Waals surface area (Å²) in [7, 11) is 4.23. The van der Waals surface area contributed by atoms with E-state index in [2.05, 4.69) is 76.1 Å². The Morgan fingerprint density at radius 2 is 1.33 bits per heavy atom. The smallest absolute Gasteiger partial charge is 0.135 e. The number of fused-ring (bicyclic) bond motifs is 2. The number of ketones is 1. The van der Waals surface area contributed by atoms with Crippen molar-refractivity contribution in [3.05, 3.63) is 69.9 Å². The van der Waals surface area contributed by atoms with Gasteiger partial charge >= 0.3 is 0 Å². The van der Waals surface area contributed by atoms with Crippen LogP contribution in [0, 0.1) is 0 Å². The highest BCUT2D eigenvalue weighted by atomic mass is 79.9. The van der Waals surface area contributed by atoms with Gasteiger partial charge in [0, 0.05) is 51.7 Å². The molecule has 0 atom stereocenters. The lowest BCUT2D eigenvalue weighted by Gasteiger charge is -2.30. The number of benzene rings is 2. The van der Waals surface area contributed by atoms with Gasteiger partial charge in [0.25, 0.3) is 0 Å². The molecule has 206 valence electrons. The van der Waals surface area contributed by atoms with Crippen LogP contribution in [0.25, 0.3) is 21.8 Å². The predicted molar refractivity (Wildman–Crippen MR) is 169 cm³/mol. The normalized spacial score (nSPS) is 16.8. The first kappa shape index (κ1) is 29.4. The van der Waals surface area contributed by atoms with E-state index in [-0.39, 0.29) is 0 Å². The maximum atomic E-state index is 10.6. The van der Waals surface area contributed by atoms with Crippen LogP contribution in [0.1, 0.15) is 25.7 Å². The number of nitrogens with two attached hydrogens (primary N) is 1. The molecule has 7 nitrogen and oxygen atoms in total. The number of carbonyl (C=O) groups excluding carboxylic acids is 1. The molecule has 39 heavy (non-hydrogen) atoms. The van der Waals surface area contributed by atoms with Crippen molar-refractivity contribution in [2.75, 3.05) is 51.3 Å². The summed E-state index contributed by atoms with van der Waals surface area (Å²) >= 11 is 6.90. The van der Waals surface area contributed by atoms with Crippen molar-refractivity contribution in [1.29, 1.82) is 0 Å². The highest BCUT2D eigenvalue weighted by molar-refractivity contribution is 9.10. The number of nitrogens with zero attached hydrogens (tertiary/aromatic N) is 4. The number of piperidine rings is 2. The van der Waals surface area contributed by atoms with Gasteiger partial charge in [-0.05, 0) is 88.6 Å². The number of hydrogen-bond acceptors (Lipinski definition) is 7. The van der Waals surface area contributed by atoms with Crippen molar-refractivity contribution in [1.82, 2.24) is 19.8 Å². The lowest BCUT2D eigenvalue weighted by atomic mass is 10.1. The van der Waals surface area contributed by atoms with E-state index < -0.39 is 0 Å². The van der Waals surface area contributed by atoms with Gasteiger partial charge in [-0.15, -0.1) is 0 Å². The van der Waals surface area contributed by atoms with E-state index >= 15 is 0 Å². The highest BCUT2D eigenvalue weighted by Gasteiger charge is 2.16. The number of rotatable bonds is 2. The number of halogens is 2. The fourth-order valence-electron chi connectivity index (χ4n) is 4.56. The fraction of sp³-hybridized carbons (Fsp3) is 0.367. The van der Waals surface area contributed by atoms with E-state index in [9.17, 15) is 4.79 Å². The molecule has 2 fully saturated rings. The summed E-state index contributed by atoms with van der Waals surface area (Å²) in [5.41, 5.74) is 9.42. The number of likely N-dealkylation sites (tertiary alicyclic amines) is 2. The van der Waals surface area contributed by atoms with E-state index in [1.54, 1.807) is 6.20 Å². The second-order valence-corrected chi connectivity index (χ2v) is 12.1. The Hall–Kier alpha value is -2.59. The topological polar surface area (TPSA) is 87.4 Å². The van der Waals surface area contributed by atoms with Gasteiger partial charge < -0.3 is 20.9 Å². The molecule has 9 heteroatoms. The van der Waals surface area contributed by atoms with Gasteiger partial charge in [-0.1, -0.05) is 31.9 Å². The van der Waals surface area contributed by atoms with E-state index in [1.165, 1.54) is 31.3 Å². The van der Waals surface area contributed by atoms with Gasteiger partial charge in [-0.25, -0.2) is 0 Å². The fourth-order valence-corrected chi connectivity index (χ4v) is 5.31. The van der Waals surface area contributed by atoms with E-state index in [1.807, 2.05) is 49.6 Å². The Kier molecular flexibility index (Phi) is 10.7. The van der Waals surface area contributed by atoms with E-state index in [0.717, 1.165) is 57.0 Å². The average Bonchev–Trinajstić information content (AvgIpc) is 2.92. The number of pyridine rings is 2. The SMILES string of the molecule is CN1CCC(=O)CC1.CN1CCC(Nc2cnc3ccc(Br)cc3c2)CC1.Nc1cnc2ccc(Br)cc2c1. The molecule has 2 aliphatic heterocycles. The Morgan fingerprint density at radius 3 is 1.92 bits per heavy atom. The Morgan fingerprint density at radius 1 is 0.795 bits per heavy atom. The van der Waals surface area contributed by atoms with Crippen molar-refractivity contribution in [3.63, 3.8) is 0 Å². The number of nitrogen functional groups attached to an aromatic ring is 1. The molecular formula is C30H36Br2N6O. The van der Waals surface area contributed by atoms with Crippen LogP contribution in [0.2, 0.25) is 0 Å².